The first kappa shape index (κ1) is 17.2. The Bertz CT molecular complexity index is 1130. The smallest absolute Gasteiger partial charge is 0.343 e. The van der Waals surface area contributed by atoms with Crippen molar-refractivity contribution in [1.29, 1.82) is 0 Å². The largest absolute Gasteiger partial charge is 0.462 e. The van der Waals surface area contributed by atoms with Crippen LogP contribution in [0, 0.1) is 6.92 Å². The molecule has 2 N–H and O–H groups in total. The Labute approximate surface area is 159 Å². The minimum atomic E-state index is -0.504. The Morgan fingerprint density at radius 3 is 2.78 bits per heavy atom. The average Bonchev–Trinajstić information content (AvgIpc) is 3.26. The highest BCUT2D eigenvalue weighted by molar-refractivity contribution is 7.17. The standard InChI is InChI=1S/C19H17N5O2S/c1-3-26-19(25)13-8-23-24(16(13)20)17-15-14(9-27-18(15)22-10-21-17)12-6-4-11(2)5-7-12/h4-10H,3,20H2,1-2H3. The molecule has 0 aliphatic rings. The SMILES string of the molecule is CCOC(=O)c1cnn(-c2ncnc3scc(-c4ccc(C)cc4)c23)c1N. The highest BCUT2D eigenvalue weighted by atomic mass is 32.1. The third-order valence-corrected chi connectivity index (χ3v) is 5.10. The number of benzene rings is 1. The number of aromatic nitrogens is 4. The lowest BCUT2D eigenvalue weighted by Crippen LogP contribution is -2.10. The summed E-state index contributed by atoms with van der Waals surface area (Å²) < 4.78 is 6.49. The molecule has 0 fully saturated rings. The first-order valence-electron chi connectivity index (χ1n) is 8.40. The molecule has 0 amide bonds. The predicted octanol–water partition coefficient (Wildman–Crippen LogP) is 3.61. The molecule has 4 rings (SSSR count). The maximum absolute atomic E-state index is 12.1. The van der Waals surface area contributed by atoms with Gasteiger partial charge in [-0.25, -0.2) is 14.8 Å². The second-order valence-corrected chi connectivity index (χ2v) is 6.83. The van der Waals surface area contributed by atoms with Gasteiger partial charge in [0.05, 0.1) is 18.2 Å². The first-order valence-corrected chi connectivity index (χ1v) is 9.28. The summed E-state index contributed by atoms with van der Waals surface area (Å²) >= 11 is 1.52. The zero-order chi connectivity index (χ0) is 19.0. The van der Waals surface area contributed by atoms with Crippen LogP contribution < -0.4 is 5.73 Å². The van der Waals surface area contributed by atoms with Crippen molar-refractivity contribution in [1.82, 2.24) is 19.7 Å². The highest BCUT2D eigenvalue weighted by Gasteiger charge is 2.21. The number of ether oxygens (including phenoxy) is 1. The molecule has 0 radical (unpaired) electrons. The van der Waals surface area contributed by atoms with Crippen LogP contribution in [0.5, 0.6) is 0 Å². The number of carbonyl (C=O) groups is 1. The number of rotatable bonds is 4. The van der Waals surface area contributed by atoms with Gasteiger partial charge in [0, 0.05) is 10.9 Å². The summed E-state index contributed by atoms with van der Waals surface area (Å²) in [5.41, 5.74) is 9.63. The molecule has 0 saturated carbocycles. The fraction of sp³-hybridized carbons (Fsp3) is 0.158. The fourth-order valence-electron chi connectivity index (χ4n) is 2.86. The molecule has 0 atom stereocenters. The number of nitrogens with zero attached hydrogens (tertiary/aromatic N) is 4. The maximum atomic E-state index is 12.1. The number of thiophene rings is 1. The van der Waals surface area contributed by atoms with E-state index in [1.807, 2.05) is 12.3 Å². The second kappa shape index (κ2) is 6.81. The molecular weight excluding hydrogens is 362 g/mol. The van der Waals surface area contributed by atoms with E-state index in [1.165, 1.54) is 34.1 Å². The molecule has 0 spiro atoms. The van der Waals surface area contributed by atoms with E-state index in [4.69, 9.17) is 10.5 Å². The minimum absolute atomic E-state index is 0.189. The van der Waals surface area contributed by atoms with Crippen molar-refractivity contribution in [2.24, 2.45) is 0 Å². The summed E-state index contributed by atoms with van der Waals surface area (Å²) in [4.78, 5) is 21.6. The van der Waals surface area contributed by atoms with Crippen LogP contribution in [0.1, 0.15) is 22.8 Å². The van der Waals surface area contributed by atoms with Gasteiger partial charge in [-0.1, -0.05) is 29.8 Å². The zero-order valence-corrected chi connectivity index (χ0v) is 15.7. The maximum Gasteiger partial charge on any atom is 0.343 e. The summed E-state index contributed by atoms with van der Waals surface area (Å²) in [5, 5.41) is 7.16. The zero-order valence-electron chi connectivity index (χ0n) is 14.8. The minimum Gasteiger partial charge on any atom is -0.462 e. The normalized spacial score (nSPS) is 11.0. The third kappa shape index (κ3) is 2.93. The van der Waals surface area contributed by atoms with E-state index in [-0.39, 0.29) is 18.0 Å². The Morgan fingerprint density at radius 2 is 2.04 bits per heavy atom. The molecule has 136 valence electrons. The monoisotopic (exact) mass is 379 g/mol. The fourth-order valence-corrected chi connectivity index (χ4v) is 3.77. The van der Waals surface area contributed by atoms with Crippen molar-refractivity contribution in [3.05, 3.63) is 53.3 Å². The number of aryl methyl sites for hydroxylation is 1. The van der Waals surface area contributed by atoms with Gasteiger partial charge >= 0.3 is 5.97 Å². The summed E-state index contributed by atoms with van der Waals surface area (Å²) in [7, 11) is 0. The van der Waals surface area contributed by atoms with Crippen LogP contribution in [0.3, 0.4) is 0 Å². The molecule has 4 aromatic rings. The van der Waals surface area contributed by atoms with Crippen molar-refractivity contribution in [2.75, 3.05) is 12.3 Å². The van der Waals surface area contributed by atoms with Gasteiger partial charge < -0.3 is 10.5 Å². The van der Waals surface area contributed by atoms with Crippen LogP contribution in [-0.4, -0.2) is 32.3 Å². The van der Waals surface area contributed by atoms with Crippen molar-refractivity contribution in [3.8, 4) is 16.9 Å². The van der Waals surface area contributed by atoms with Crippen molar-refractivity contribution in [2.45, 2.75) is 13.8 Å². The number of carbonyl (C=O) groups excluding carboxylic acids is 1. The molecule has 0 saturated heterocycles. The Hall–Kier alpha value is -3.26. The van der Waals surface area contributed by atoms with Crippen LogP contribution >= 0.6 is 11.3 Å². The van der Waals surface area contributed by atoms with Gasteiger partial charge in [0.25, 0.3) is 0 Å². The number of anilines is 1. The van der Waals surface area contributed by atoms with E-state index < -0.39 is 5.97 Å². The van der Waals surface area contributed by atoms with Crippen LogP contribution in [0.15, 0.2) is 42.2 Å². The highest BCUT2D eigenvalue weighted by Crippen LogP contribution is 2.36. The quantitative estimate of drug-likeness (QED) is 0.544. The molecule has 0 unspecified atom stereocenters. The third-order valence-electron chi connectivity index (χ3n) is 4.22. The summed E-state index contributed by atoms with van der Waals surface area (Å²) in [5.74, 6) is 0.218. The summed E-state index contributed by atoms with van der Waals surface area (Å²) in [6.45, 7) is 4.06. The number of nitrogens with two attached hydrogens (primary N) is 1. The molecule has 0 bridgehead atoms. The van der Waals surface area contributed by atoms with Crippen LogP contribution in [-0.2, 0) is 4.74 Å². The van der Waals surface area contributed by atoms with Gasteiger partial charge in [-0.05, 0) is 19.4 Å². The lowest BCUT2D eigenvalue weighted by Gasteiger charge is -2.08. The molecule has 7 nitrogen and oxygen atoms in total. The van der Waals surface area contributed by atoms with Gasteiger partial charge in [0.2, 0.25) is 0 Å². The first-order chi connectivity index (χ1) is 13.1. The van der Waals surface area contributed by atoms with E-state index >= 15 is 0 Å². The van der Waals surface area contributed by atoms with Gasteiger partial charge in [-0.15, -0.1) is 11.3 Å². The van der Waals surface area contributed by atoms with E-state index in [1.54, 1.807) is 6.92 Å². The van der Waals surface area contributed by atoms with Crippen LogP contribution in [0.2, 0.25) is 0 Å². The van der Waals surface area contributed by atoms with Gasteiger partial charge in [0.1, 0.15) is 22.5 Å². The molecule has 3 aromatic heterocycles. The van der Waals surface area contributed by atoms with Gasteiger partial charge in [0.15, 0.2) is 5.82 Å². The molecule has 27 heavy (non-hydrogen) atoms. The van der Waals surface area contributed by atoms with E-state index in [9.17, 15) is 4.79 Å². The van der Waals surface area contributed by atoms with Crippen LogP contribution in [0.25, 0.3) is 27.2 Å². The number of esters is 1. The number of hydrogen-bond donors (Lipinski definition) is 1. The Morgan fingerprint density at radius 1 is 1.26 bits per heavy atom. The topological polar surface area (TPSA) is 95.9 Å². The van der Waals surface area contributed by atoms with Gasteiger partial charge in [-0.2, -0.15) is 9.78 Å². The Kier molecular flexibility index (Phi) is 4.33. The molecule has 0 aliphatic carbocycles. The second-order valence-electron chi connectivity index (χ2n) is 5.97. The molecule has 3 heterocycles. The summed E-state index contributed by atoms with van der Waals surface area (Å²) in [6, 6.07) is 8.24. The van der Waals surface area contributed by atoms with Crippen molar-refractivity contribution >= 4 is 33.3 Å². The molecule has 1 aromatic carbocycles. The van der Waals surface area contributed by atoms with E-state index in [0.717, 1.165) is 21.3 Å². The molecule has 8 heteroatoms. The number of nitrogen functional groups attached to an aromatic ring is 1. The lowest BCUT2D eigenvalue weighted by molar-refractivity contribution is 0.0527. The van der Waals surface area contributed by atoms with Crippen molar-refractivity contribution in [3.63, 3.8) is 0 Å². The average molecular weight is 379 g/mol. The van der Waals surface area contributed by atoms with E-state index in [0.29, 0.717) is 5.82 Å². The van der Waals surface area contributed by atoms with E-state index in [2.05, 4.69) is 39.3 Å². The number of hydrogen-bond acceptors (Lipinski definition) is 7. The lowest BCUT2D eigenvalue weighted by atomic mass is 10.0. The molecule has 0 aliphatic heterocycles. The van der Waals surface area contributed by atoms with Crippen molar-refractivity contribution < 1.29 is 9.53 Å². The van der Waals surface area contributed by atoms with Gasteiger partial charge in [-0.3, -0.25) is 0 Å². The molecular formula is C19H17N5O2S. The summed E-state index contributed by atoms with van der Waals surface area (Å²) in [6.07, 6.45) is 2.87. The Balaban J connectivity index is 1.90. The van der Waals surface area contributed by atoms with Crippen LogP contribution in [0.4, 0.5) is 5.82 Å². The number of fused-ring (bicyclic) bond motifs is 1. The predicted molar refractivity (Wildman–Crippen MR) is 105 cm³/mol.